The van der Waals surface area contributed by atoms with Crippen LogP contribution < -0.4 is 9.91 Å². The van der Waals surface area contributed by atoms with E-state index in [0.29, 0.717) is 9.79 Å². The van der Waals surface area contributed by atoms with Crippen LogP contribution in [0.1, 0.15) is 54.2 Å². The highest BCUT2D eigenvalue weighted by Gasteiger charge is 2.51. The Bertz CT molecular complexity index is 739. The first-order chi connectivity index (χ1) is 13.2. The van der Waals surface area contributed by atoms with Crippen LogP contribution in [0.4, 0.5) is 8.78 Å². The van der Waals surface area contributed by atoms with Gasteiger partial charge in [0, 0.05) is 11.4 Å². The molecule has 29 heavy (non-hydrogen) atoms. The predicted octanol–water partition coefficient (Wildman–Crippen LogP) is 4.39. The third kappa shape index (κ3) is 5.39. The average Bonchev–Trinajstić information content (AvgIpc) is 2.64. The van der Waals surface area contributed by atoms with Crippen molar-refractivity contribution < 1.29 is 23.2 Å². The van der Waals surface area contributed by atoms with E-state index < -0.39 is 47.7 Å². The maximum Gasteiger partial charge on any atom is 0.340 e. The summed E-state index contributed by atoms with van der Waals surface area (Å²) < 4.78 is 45.5. The molecular weight excluding hydrogens is 482 g/mol. The molecule has 0 fully saturated rings. The molecular formula is C19H31BrF2N2O3SSi. The van der Waals surface area contributed by atoms with Crippen molar-refractivity contribution in [2.75, 3.05) is 0 Å². The lowest BCUT2D eigenvalue weighted by molar-refractivity contribution is -0.145. The second-order valence-corrected chi connectivity index (χ2v) is 16.4. The highest BCUT2D eigenvalue weighted by atomic mass is 79.9. The summed E-state index contributed by atoms with van der Waals surface area (Å²) in [6.45, 7) is 12.2. The van der Waals surface area contributed by atoms with Gasteiger partial charge in [-0.2, -0.15) is 0 Å². The smallest absolute Gasteiger partial charge is 0.340 e. The van der Waals surface area contributed by atoms with E-state index in [4.69, 9.17) is 0 Å². The van der Waals surface area contributed by atoms with Crippen LogP contribution in [0.5, 0.6) is 0 Å². The Kier molecular flexibility index (Phi) is 8.87. The summed E-state index contributed by atoms with van der Waals surface area (Å²) in [5.41, 5.74) is -2.50. The van der Waals surface area contributed by atoms with Crippen molar-refractivity contribution in [2.24, 2.45) is 0 Å². The first kappa shape index (κ1) is 26.5. The Morgan fingerprint density at radius 3 is 2.17 bits per heavy atom. The molecule has 0 amide bonds. The number of carboxylic acids is 1. The number of nitrogens with zero attached hydrogens (tertiary/aromatic N) is 1. The zero-order chi connectivity index (χ0) is 22.8. The fourth-order valence-corrected chi connectivity index (χ4v) is 8.54. The Balaban J connectivity index is 3.81. The van der Waals surface area contributed by atoms with Crippen molar-refractivity contribution in [1.29, 1.82) is 0 Å². The van der Waals surface area contributed by atoms with Gasteiger partial charge in [-0.1, -0.05) is 38.9 Å². The Hall–Kier alpha value is -0.553. The third-order valence-electron chi connectivity index (χ3n) is 5.60. The summed E-state index contributed by atoms with van der Waals surface area (Å²) >= 11 is 1.43. The minimum atomic E-state index is -2.56. The molecule has 1 rings (SSSR count). The van der Waals surface area contributed by atoms with Crippen LogP contribution in [-0.2, 0) is 21.7 Å². The number of alkyl halides is 1. The zero-order valence-corrected chi connectivity index (χ0v) is 21.4. The molecule has 0 saturated carbocycles. The topological polar surface area (TPSA) is 85.3 Å². The fourth-order valence-electron chi connectivity index (χ4n) is 3.36. The van der Waals surface area contributed by atoms with Gasteiger partial charge in [-0.05, 0) is 54.9 Å². The SMILES string of the molecule is CC[Si](CC)(CC)c1cc(Br)nc(C(C)(N[S+]([O-])C(C)(C)C)C(F)C(=O)O)c1F. The summed E-state index contributed by atoms with van der Waals surface area (Å²) in [7, 11) is -2.24. The van der Waals surface area contributed by atoms with Gasteiger partial charge in [0.2, 0.25) is 6.17 Å². The molecule has 0 radical (unpaired) electrons. The molecule has 3 unspecified atom stereocenters. The fraction of sp³-hybridized carbons (Fsp3) is 0.684. The van der Waals surface area contributed by atoms with Crippen LogP contribution >= 0.6 is 15.9 Å². The van der Waals surface area contributed by atoms with E-state index in [1.165, 1.54) is 6.92 Å². The molecule has 0 aliphatic rings. The molecule has 0 spiro atoms. The van der Waals surface area contributed by atoms with E-state index in [0.717, 1.165) is 18.1 Å². The monoisotopic (exact) mass is 512 g/mol. The number of hydrogen-bond donors (Lipinski definition) is 2. The number of carboxylic acid groups (broad SMARTS) is 1. The molecule has 0 aromatic carbocycles. The second-order valence-electron chi connectivity index (χ2n) is 8.38. The van der Waals surface area contributed by atoms with E-state index in [1.807, 2.05) is 20.8 Å². The molecule has 1 aromatic heterocycles. The molecule has 10 heteroatoms. The summed E-state index contributed by atoms with van der Waals surface area (Å²) in [4.78, 5) is 15.7. The van der Waals surface area contributed by atoms with E-state index in [9.17, 15) is 18.8 Å². The van der Waals surface area contributed by atoms with Crippen molar-refractivity contribution in [1.82, 2.24) is 9.71 Å². The summed E-state index contributed by atoms with van der Waals surface area (Å²) in [5, 5.41) is 9.84. The van der Waals surface area contributed by atoms with Crippen molar-refractivity contribution in [3.8, 4) is 0 Å². The second kappa shape index (κ2) is 9.72. The summed E-state index contributed by atoms with van der Waals surface area (Å²) in [5.74, 6) is -2.49. The maximum absolute atomic E-state index is 15.8. The van der Waals surface area contributed by atoms with Crippen LogP contribution in [0, 0.1) is 5.82 Å². The van der Waals surface area contributed by atoms with Gasteiger partial charge in [0.1, 0.15) is 26.4 Å². The molecule has 0 saturated heterocycles. The first-order valence-corrected chi connectivity index (χ1v) is 14.2. The lowest BCUT2D eigenvalue weighted by atomic mass is 9.92. The van der Waals surface area contributed by atoms with Gasteiger partial charge in [0.15, 0.2) is 0 Å². The highest BCUT2D eigenvalue weighted by Crippen LogP contribution is 2.33. The predicted molar refractivity (Wildman–Crippen MR) is 120 cm³/mol. The van der Waals surface area contributed by atoms with Gasteiger partial charge in [0.05, 0.1) is 8.07 Å². The van der Waals surface area contributed by atoms with E-state index in [-0.39, 0.29) is 5.69 Å². The van der Waals surface area contributed by atoms with Crippen LogP contribution in [0.15, 0.2) is 10.7 Å². The molecule has 3 atom stereocenters. The lowest BCUT2D eigenvalue weighted by Gasteiger charge is -2.37. The molecule has 0 aliphatic carbocycles. The van der Waals surface area contributed by atoms with Gasteiger partial charge < -0.3 is 9.66 Å². The lowest BCUT2D eigenvalue weighted by Crippen LogP contribution is -2.58. The Labute approximate surface area is 184 Å². The number of nitrogens with one attached hydrogen (secondary N) is 1. The molecule has 0 aliphatic heterocycles. The van der Waals surface area contributed by atoms with Crippen molar-refractivity contribution >= 4 is 46.5 Å². The number of aromatic nitrogens is 1. The summed E-state index contributed by atoms with van der Waals surface area (Å²) in [6.07, 6.45) is -2.56. The molecule has 0 bridgehead atoms. The molecule has 1 aromatic rings. The quantitative estimate of drug-likeness (QED) is 0.291. The van der Waals surface area contributed by atoms with Crippen molar-refractivity contribution in [3.05, 3.63) is 22.2 Å². The third-order valence-corrected chi connectivity index (χ3v) is 13.3. The Morgan fingerprint density at radius 1 is 1.31 bits per heavy atom. The van der Waals surface area contributed by atoms with Crippen LogP contribution in [-0.4, -0.2) is 39.6 Å². The number of aliphatic carboxylic acids is 1. The van der Waals surface area contributed by atoms with Gasteiger partial charge in [-0.15, -0.1) is 4.72 Å². The van der Waals surface area contributed by atoms with Crippen LogP contribution in [0.25, 0.3) is 0 Å². The molecule has 2 N–H and O–H groups in total. The Morgan fingerprint density at radius 2 is 1.79 bits per heavy atom. The number of rotatable bonds is 9. The van der Waals surface area contributed by atoms with E-state index >= 15 is 4.39 Å². The van der Waals surface area contributed by atoms with Crippen molar-refractivity contribution in [2.45, 2.75) is 83.1 Å². The number of carbonyl (C=O) groups is 1. The molecule has 166 valence electrons. The summed E-state index contributed by atoms with van der Waals surface area (Å²) in [6, 6.07) is 3.96. The van der Waals surface area contributed by atoms with E-state index in [1.54, 1.807) is 26.8 Å². The number of pyridine rings is 1. The standard InChI is InChI=1S/C19H31BrF2N2O3SSi/c1-8-29(9-2,10-3)12-11-13(20)23-16(14(12)21)19(7,15(22)17(25)26)24-28(27)18(4,5)6/h11,15,24H,8-10H2,1-7H3,(H,25,26). The van der Waals surface area contributed by atoms with Crippen LogP contribution in [0.3, 0.4) is 0 Å². The zero-order valence-electron chi connectivity index (χ0n) is 18.0. The van der Waals surface area contributed by atoms with Gasteiger partial charge >= 0.3 is 5.97 Å². The van der Waals surface area contributed by atoms with Crippen molar-refractivity contribution in [3.63, 3.8) is 0 Å². The number of hydrogen-bond acceptors (Lipinski definition) is 4. The first-order valence-electron chi connectivity index (χ1n) is 9.63. The minimum Gasteiger partial charge on any atom is -0.598 e. The number of halogens is 3. The highest BCUT2D eigenvalue weighted by molar-refractivity contribution is 9.10. The van der Waals surface area contributed by atoms with Gasteiger partial charge in [-0.25, -0.2) is 18.6 Å². The largest absolute Gasteiger partial charge is 0.598 e. The maximum atomic E-state index is 15.8. The average molecular weight is 514 g/mol. The van der Waals surface area contributed by atoms with Gasteiger partial charge in [0.25, 0.3) is 0 Å². The normalized spacial score (nSPS) is 16.9. The minimum absolute atomic E-state index is 0.295. The molecule has 5 nitrogen and oxygen atoms in total. The van der Waals surface area contributed by atoms with Gasteiger partial charge in [-0.3, -0.25) is 0 Å². The molecule has 1 heterocycles. The van der Waals surface area contributed by atoms with E-state index in [2.05, 4.69) is 25.6 Å². The van der Waals surface area contributed by atoms with Crippen LogP contribution in [0.2, 0.25) is 18.1 Å².